The lowest BCUT2D eigenvalue weighted by Gasteiger charge is -2.34. The average molecular weight is 301 g/mol. The van der Waals surface area contributed by atoms with Gasteiger partial charge in [-0.2, -0.15) is 0 Å². The molecule has 0 unspecified atom stereocenters. The summed E-state index contributed by atoms with van der Waals surface area (Å²) in [6, 6.07) is 1.74. The number of rotatable bonds is 3. The molecule has 0 N–H and O–H groups in total. The maximum absolute atomic E-state index is 12.4. The summed E-state index contributed by atoms with van der Waals surface area (Å²) < 4.78 is 5.20. The zero-order valence-electron chi connectivity index (χ0n) is 12.8. The van der Waals surface area contributed by atoms with Crippen LogP contribution in [0.25, 0.3) is 0 Å². The van der Waals surface area contributed by atoms with Crippen LogP contribution in [0.2, 0.25) is 0 Å². The highest BCUT2D eigenvalue weighted by Crippen LogP contribution is 2.17. The van der Waals surface area contributed by atoms with Crippen LogP contribution in [-0.2, 0) is 0 Å². The largest absolute Gasteiger partial charge is 0.360 e. The minimum absolute atomic E-state index is 0.0746. The SMILES string of the molecule is CC(C)c1cc(C(=O)N2CCN(c3cnccn3)CC2)no1. The van der Waals surface area contributed by atoms with Gasteiger partial charge in [-0.15, -0.1) is 0 Å². The van der Waals surface area contributed by atoms with Crippen LogP contribution in [0.4, 0.5) is 5.82 Å². The molecular formula is C15H19N5O2. The number of hydrogen-bond acceptors (Lipinski definition) is 6. The van der Waals surface area contributed by atoms with Gasteiger partial charge in [-0.1, -0.05) is 19.0 Å². The van der Waals surface area contributed by atoms with Crippen molar-refractivity contribution in [3.05, 3.63) is 36.1 Å². The molecule has 22 heavy (non-hydrogen) atoms. The van der Waals surface area contributed by atoms with Gasteiger partial charge in [0.25, 0.3) is 5.91 Å². The Balaban J connectivity index is 1.62. The number of carbonyl (C=O) groups excluding carboxylic acids is 1. The molecule has 0 aromatic carbocycles. The van der Waals surface area contributed by atoms with Crippen molar-refractivity contribution in [3.8, 4) is 0 Å². The van der Waals surface area contributed by atoms with Crippen molar-refractivity contribution in [2.45, 2.75) is 19.8 Å². The first-order valence-electron chi connectivity index (χ1n) is 7.42. The van der Waals surface area contributed by atoms with Gasteiger partial charge in [-0.3, -0.25) is 9.78 Å². The van der Waals surface area contributed by atoms with Crippen LogP contribution in [0.1, 0.15) is 36.0 Å². The number of hydrogen-bond donors (Lipinski definition) is 0. The summed E-state index contributed by atoms with van der Waals surface area (Å²) in [6.07, 6.45) is 5.07. The lowest BCUT2D eigenvalue weighted by Crippen LogP contribution is -2.49. The van der Waals surface area contributed by atoms with E-state index in [0.717, 1.165) is 24.7 Å². The molecule has 2 aromatic heterocycles. The van der Waals surface area contributed by atoms with Gasteiger partial charge in [-0.05, 0) is 0 Å². The predicted octanol–water partition coefficient (Wildman–Crippen LogP) is 1.55. The van der Waals surface area contributed by atoms with Crippen LogP contribution in [0.15, 0.2) is 29.2 Å². The van der Waals surface area contributed by atoms with Gasteiger partial charge in [0.1, 0.15) is 11.6 Å². The lowest BCUT2D eigenvalue weighted by atomic mass is 10.1. The third-order valence-electron chi connectivity index (χ3n) is 3.76. The summed E-state index contributed by atoms with van der Waals surface area (Å²) in [7, 11) is 0. The summed E-state index contributed by atoms with van der Waals surface area (Å²) in [5, 5.41) is 3.89. The minimum atomic E-state index is -0.0746. The fraction of sp³-hybridized carbons (Fsp3) is 0.467. The van der Waals surface area contributed by atoms with Crippen molar-refractivity contribution in [2.24, 2.45) is 0 Å². The normalized spacial score (nSPS) is 15.4. The highest BCUT2D eigenvalue weighted by Gasteiger charge is 2.25. The van der Waals surface area contributed by atoms with Crippen molar-refractivity contribution >= 4 is 11.7 Å². The van der Waals surface area contributed by atoms with Gasteiger partial charge in [0.15, 0.2) is 5.69 Å². The van der Waals surface area contributed by atoms with E-state index in [2.05, 4.69) is 20.0 Å². The van der Waals surface area contributed by atoms with Gasteiger partial charge < -0.3 is 14.3 Å². The van der Waals surface area contributed by atoms with E-state index in [-0.39, 0.29) is 11.8 Å². The second-order valence-corrected chi connectivity index (χ2v) is 5.61. The van der Waals surface area contributed by atoms with Gasteiger partial charge in [-0.25, -0.2) is 4.98 Å². The maximum Gasteiger partial charge on any atom is 0.276 e. The summed E-state index contributed by atoms with van der Waals surface area (Å²) >= 11 is 0. The standard InChI is InChI=1S/C15H19N5O2/c1-11(2)13-9-12(18-22-13)15(21)20-7-5-19(6-8-20)14-10-16-3-4-17-14/h3-4,9-11H,5-8H2,1-2H3. The first kappa shape index (κ1) is 14.5. The molecule has 1 aliphatic heterocycles. The molecule has 3 heterocycles. The monoisotopic (exact) mass is 301 g/mol. The predicted molar refractivity (Wildman–Crippen MR) is 80.7 cm³/mol. The van der Waals surface area contributed by atoms with E-state index in [9.17, 15) is 4.79 Å². The van der Waals surface area contributed by atoms with Crippen LogP contribution in [0.5, 0.6) is 0 Å². The quantitative estimate of drug-likeness (QED) is 0.856. The van der Waals surface area contributed by atoms with Crippen molar-refractivity contribution < 1.29 is 9.32 Å². The molecule has 0 radical (unpaired) electrons. The fourth-order valence-corrected chi connectivity index (χ4v) is 2.42. The second kappa shape index (κ2) is 6.13. The number of nitrogens with zero attached hydrogens (tertiary/aromatic N) is 5. The highest BCUT2D eigenvalue weighted by molar-refractivity contribution is 5.92. The van der Waals surface area contributed by atoms with Crippen molar-refractivity contribution in [3.63, 3.8) is 0 Å². The molecule has 0 atom stereocenters. The first-order valence-corrected chi connectivity index (χ1v) is 7.42. The molecule has 7 nitrogen and oxygen atoms in total. The Kier molecular flexibility index (Phi) is 4.04. The molecule has 7 heteroatoms. The number of piperazine rings is 1. The summed E-state index contributed by atoms with van der Waals surface area (Å²) in [4.78, 5) is 24.7. The van der Waals surface area contributed by atoms with Gasteiger partial charge >= 0.3 is 0 Å². The number of anilines is 1. The molecule has 2 aromatic rings. The summed E-state index contributed by atoms with van der Waals surface area (Å²) in [5.41, 5.74) is 0.386. The van der Waals surface area contributed by atoms with Crippen LogP contribution < -0.4 is 4.90 Å². The van der Waals surface area contributed by atoms with Crippen LogP contribution in [0, 0.1) is 0 Å². The first-order chi connectivity index (χ1) is 10.6. The zero-order valence-corrected chi connectivity index (χ0v) is 12.8. The molecule has 1 amide bonds. The number of amides is 1. The Bertz CT molecular complexity index is 632. The molecule has 0 spiro atoms. The van der Waals surface area contributed by atoms with E-state index in [0.29, 0.717) is 18.8 Å². The third kappa shape index (κ3) is 2.93. The maximum atomic E-state index is 12.4. The third-order valence-corrected chi connectivity index (χ3v) is 3.76. The average Bonchev–Trinajstić information content (AvgIpc) is 3.05. The summed E-state index contributed by atoms with van der Waals surface area (Å²) in [6.45, 7) is 6.76. The Hall–Kier alpha value is -2.44. The van der Waals surface area contributed by atoms with Crippen molar-refractivity contribution in [2.75, 3.05) is 31.1 Å². The van der Waals surface area contributed by atoms with E-state index in [1.54, 1.807) is 29.6 Å². The lowest BCUT2D eigenvalue weighted by molar-refractivity contribution is 0.0736. The Morgan fingerprint density at radius 1 is 1.23 bits per heavy atom. The van der Waals surface area contributed by atoms with E-state index in [4.69, 9.17) is 4.52 Å². The van der Waals surface area contributed by atoms with Crippen LogP contribution >= 0.6 is 0 Å². The summed E-state index contributed by atoms with van der Waals surface area (Å²) in [5.74, 6) is 1.73. The van der Waals surface area contributed by atoms with Gasteiger partial charge in [0, 0.05) is 50.6 Å². The number of carbonyl (C=O) groups is 1. The van der Waals surface area contributed by atoms with Gasteiger partial charge in [0.2, 0.25) is 0 Å². The molecule has 1 fully saturated rings. The number of aromatic nitrogens is 3. The van der Waals surface area contributed by atoms with E-state index >= 15 is 0 Å². The fourth-order valence-electron chi connectivity index (χ4n) is 2.42. The second-order valence-electron chi connectivity index (χ2n) is 5.61. The molecule has 1 aliphatic rings. The van der Waals surface area contributed by atoms with E-state index < -0.39 is 0 Å². The van der Waals surface area contributed by atoms with Crippen molar-refractivity contribution in [1.29, 1.82) is 0 Å². The minimum Gasteiger partial charge on any atom is -0.360 e. The van der Waals surface area contributed by atoms with Crippen molar-refractivity contribution in [1.82, 2.24) is 20.0 Å². The zero-order chi connectivity index (χ0) is 15.5. The molecule has 0 bridgehead atoms. The van der Waals surface area contributed by atoms with Crippen LogP contribution in [-0.4, -0.2) is 52.1 Å². The Morgan fingerprint density at radius 3 is 2.59 bits per heavy atom. The molecule has 0 aliphatic carbocycles. The smallest absolute Gasteiger partial charge is 0.276 e. The molecule has 116 valence electrons. The molecule has 1 saturated heterocycles. The molecule has 0 saturated carbocycles. The topological polar surface area (TPSA) is 75.4 Å². The van der Waals surface area contributed by atoms with Gasteiger partial charge in [0.05, 0.1) is 6.20 Å². The van der Waals surface area contributed by atoms with E-state index in [1.807, 2.05) is 13.8 Å². The molecule has 3 rings (SSSR count). The van der Waals surface area contributed by atoms with E-state index in [1.165, 1.54) is 0 Å². The van der Waals surface area contributed by atoms with Crippen LogP contribution in [0.3, 0.4) is 0 Å². The highest BCUT2D eigenvalue weighted by atomic mass is 16.5. The Morgan fingerprint density at radius 2 is 2.00 bits per heavy atom. The molecular weight excluding hydrogens is 282 g/mol. The Labute approximate surface area is 128 Å².